The largest absolute Gasteiger partial charge is 0.534 e. The molecule has 0 aliphatic carbocycles. The van der Waals surface area contributed by atoms with E-state index < -0.39 is 70.1 Å². The third-order valence-corrected chi connectivity index (χ3v) is 7.94. The van der Waals surface area contributed by atoms with E-state index in [9.17, 15) is 39.2 Å². The van der Waals surface area contributed by atoms with Gasteiger partial charge in [0.05, 0.1) is 25.3 Å². The highest BCUT2D eigenvalue weighted by atomic mass is 32.2. The van der Waals surface area contributed by atoms with E-state index in [1.54, 1.807) is 0 Å². The number of fused-ring (bicyclic) bond motifs is 1. The molecule has 2 heterocycles. The predicted octanol–water partition coefficient (Wildman–Crippen LogP) is 5.55. The van der Waals surface area contributed by atoms with Gasteiger partial charge in [-0.1, -0.05) is 6.07 Å². The molecule has 6 nitrogen and oxygen atoms in total. The number of nitrogens with one attached hydrogen (secondary N) is 1. The monoisotopic (exact) mass is 619 g/mol. The summed E-state index contributed by atoms with van der Waals surface area (Å²) in [4.78, 5) is 2.77. The van der Waals surface area contributed by atoms with Crippen LogP contribution in [0.2, 0.25) is 0 Å². The average molecular weight is 620 g/mol. The lowest BCUT2D eigenvalue weighted by molar-refractivity contribution is -0.155. The van der Waals surface area contributed by atoms with Crippen molar-refractivity contribution >= 4 is 15.8 Å². The minimum atomic E-state index is -6.03. The molecule has 41 heavy (non-hydrogen) atoms. The number of halogens is 9. The van der Waals surface area contributed by atoms with Crippen LogP contribution in [0.4, 0.5) is 45.2 Å². The predicted molar refractivity (Wildman–Crippen MR) is 131 cm³/mol. The highest BCUT2D eigenvalue weighted by molar-refractivity contribution is 7.88. The summed E-state index contributed by atoms with van der Waals surface area (Å²) in [7, 11) is -6.03. The highest BCUT2D eigenvalue weighted by Crippen LogP contribution is 2.43. The van der Waals surface area contributed by atoms with Crippen LogP contribution in [0.1, 0.15) is 36.1 Å². The zero-order valence-electron chi connectivity index (χ0n) is 21.5. The smallest absolute Gasteiger partial charge is 0.380 e. The second kappa shape index (κ2) is 11.5. The molecule has 228 valence electrons. The van der Waals surface area contributed by atoms with E-state index in [4.69, 9.17) is 0 Å². The fourth-order valence-electron chi connectivity index (χ4n) is 5.19. The van der Waals surface area contributed by atoms with Crippen LogP contribution in [-0.2, 0) is 16.5 Å². The molecule has 2 aromatic carbocycles. The first-order valence-electron chi connectivity index (χ1n) is 12.5. The van der Waals surface area contributed by atoms with Crippen LogP contribution in [0.15, 0.2) is 30.3 Å². The standard InChI is InChI=1S/C25H26F9N3O3S/c1-14-7-15-8-18(40-41(38,39)25(32,33)34)3-4-19(15)23(37(14)13-24(29,30)31)22-20(27)9-16(10-21(22)28)35-17-11-36(12-17)6-2-5-26/h3-4,8-10,14,17,23,35H,2,5-7,11-13H2,1H3/t14-,23?/m1/s1. The first-order valence-corrected chi connectivity index (χ1v) is 13.9. The molecule has 2 aromatic rings. The maximum Gasteiger partial charge on any atom is 0.534 e. The van der Waals surface area contributed by atoms with Gasteiger partial charge in [0.2, 0.25) is 0 Å². The number of anilines is 1. The Bertz CT molecular complexity index is 1340. The Morgan fingerprint density at radius 1 is 1.02 bits per heavy atom. The van der Waals surface area contributed by atoms with Gasteiger partial charge in [-0.25, -0.2) is 8.78 Å². The average Bonchev–Trinajstić information content (AvgIpc) is 2.80. The zero-order chi connectivity index (χ0) is 30.3. The quantitative estimate of drug-likeness (QED) is 0.226. The van der Waals surface area contributed by atoms with Crippen molar-refractivity contribution in [2.75, 3.05) is 38.2 Å². The molecule has 0 radical (unpaired) electrons. The van der Waals surface area contributed by atoms with Crippen LogP contribution in [0.5, 0.6) is 5.75 Å². The Labute approximate surface area is 230 Å². The summed E-state index contributed by atoms with van der Waals surface area (Å²) in [6.45, 7) is 0.868. The Morgan fingerprint density at radius 3 is 2.22 bits per heavy atom. The third kappa shape index (κ3) is 7.02. The van der Waals surface area contributed by atoms with Crippen LogP contribution in [0.25, 0.3) is 0 Å². The lowest BCUT2D eigenvalue weighted by Gasteiger charge is -2.43. The molecular weight excluding hydrogens is 593 g/mol. The summed E-state index contributed by atoms with van der Waals surface area (Å²) < 4.78 is 149. The number of hydrogen-bond donors (Lipinski definition) is 1. The van der Waals surface area contributed by atoms with Crippen molar-refractivity contribution < 1.29 is 52.1 Å². The highest BCUT2D eigenvalue weighted by Gasteiger charge is 2.49. The maximum atomic E-state index is 15.5. The van der Waals surface area contributed by atoms with E-state index >= 15 is 8.78 Å². The van der Waals surface area contributed by atoms with Crippen LogP contribution < -0.4 is 9.50 Å². The van der Waals surface area contributed by atoms with E-state index in [2.05, 4.69) is 9.50 Å². The molecule has 2 aliphatic rings. The third-order valence-electron chi connectivity index (χ3n) is 6.96. The molecule has 2 aliphatic heterocycles. The van der Waals surface area contributed by atoms with Crippen LogP contribution in [-0.4, -0.2) is 74.8 Å². The van der Waals surface area contributed by atoms with Gasteiger partial charge >= 0.3 is 21.8 Å². The molecule has 1 unspecified atom stereocenters. The summed E-state index contributed by atoms with van der Waals surface area (Å²) in [5.41, 5.74) is -6.37. The molecule has 2 atom stereocenters. The minimum absolute atomic E-state index is 0.0476. The Hall–Kier alpha value is -2.72. The van der Waals surface area contributed by atoms with Crippen LogP contribution in [0.3, 0.4) is 0 Å². The second-order valence-electron chi connectivity index (χ2n) is 10.1. The molecule has 0 spiro atoms. The molecule has 1 N–H and O–H groups in total. The normalized spacial score (nSPS) is 20.9. The van der Waals surface area contributed by atoms with Crippen molar-refractivity contribution in [2.24, 2.45) is 0 Å². The van der Waals surface area contributed by atoms with E-state index in [0.717, 1.165) is 35.2 Å². The lowest BCUT2D eigenvalue weighted by Crippen LogP contribution is -2.54. The molecular formula is C25H26F9N3O3S. The Balaban J connectivity index is 1.68. The molecule has 4 rings (SSSR count). The number of benzene rings is 2. The molecule has 0 aromatic heterocycles. The van der Waals surface area contributed by atoms with Crippen molar-refractivity contribution in [1.82, 2.24) is 9.80 Å². The van der Waals surface area contributed by atoms with Gasteiger partial charge in [0.1, 0.15) is 17.4 Å². The second-order valence-corrected chi connectivity index (χ2v) is 11.6. The molecule has 0 amide bonds. The SMILES string of the molecule is C[C@@H]1Cc2cc(OS(=O)(=O)C(F)(F)F)ccc2C(c2c(F)cc(NC3CN(CCCF)C3)cc2F)N1CC(F)(F)F. The number of hydrogen-bond acceptors (Lipinski definition) is 6. The lowest BCUT2D eigenvalue weighted by atomic mass is 9.84. The van der Waals surface area contributed by atoms with Gasteiger partial charge < -0.3 is 9.50 Å². The van der Waals surface area contributed by atoms with Crippen LogP contribution >= 0.6 is 0 Å². The Morgan fingerprint density at radius 2 is 1.66 bits per heavy atom. The number of alkyl halides is 7. The van der Waals surface area contributed by atoms with Gasteiger partial charge in [0, 0.05) is 36.9 Å². The number of likely N-dealkylation sites (tertiary alicyclic amines) is 1. The first-order chi connectivity index (χ1) is 19.0. The molecule has 16 heteroatoms. The molecule has 1 fully saturated rings. The van der Waals surface area contributed by atoms with Crippen molar-refractivity contribution in [2.45, 2.75) is 49.6 Å². The summed E-state index contributed by atoms with van der Waals surface area (Å²) in [6.07, 6.45) is -4.61. The fourth-order valence-corrected chi connectivity index (χ4v) is 5.64. The van der Waals surface area contributed by atoms with E-state index in [0.29, 0.717) is 26.1 Å². The van der Waals surface area contributed by atoms with Gasteiger partial charge in [-0.2, -0.15) is 34.8 Å². The van der Waals surface area contributed by atoms with Gasteiger partial charge in [-0.15, -0.1) is 0 Å². The summed E-state index contributed by atoms with van der Waals surface area (Å²) in [6, 6.07) is 1.76. The topological polar surface area (TPSA) is 61.9 Å². The van der Waals surface area contributed by atoms with Crippen molar-refractivity contribution in [3.8, 4) is 5.75 Å². The van der Waals surface area contributed by atoms with Gasteiger partial charge in [0.15, 0.2) is 0 Å². The zero-order valence-corrected chi connectivity index (χ0v) is 22.3. The van der Waals surface area contributed by atoms with E-state index in [1.165, 1.54) is 6.92 Å². The summed E-state index contributed by atoms with van der Waals surface area (Å²) in [5.74, 6) is -3.06. The van der Waals surface area contributed by atoms with Gasteiger partial charge in [-0.05, 0) is 55.2 Å². The molecule has 1 saturated heterocycles. The minimum Gasteiger partial charge on any atom is -0.380 e. The van der Waals surface area contributed by atoms with E-state index in [1.807, 2.05) is 4.90 Å². The van der Waals surface area contributed by atoms with Crippen molar-refractivity contribution in [3.05, 3.63) is 58.7 Å². The molecule has 0 saturated carbocycles. The fraction of sp³-hybridized carbons (Fsp3) is 0.520. The summed E-state index contributed by atoms with van der Waals surface area (Å²) in [5, 5.41) is 2.94. The van der Waals surface area contributed by atoms with Gasteiger partial charge in [-0.3, -0.25) is 14.2 Å². The van der Waals surface area contributed by atoms with Crippen molar-refractivity contribution in [3.63, 3.8) is 0 Å². The number of rotatable bonds is 9. The molecule has 0 bridgehead atoms. The number of nitrogens with zero attached hydrogens (tertiary/aromatic N) is 2. The Kier molecular flexibility index (Phi) is 8.77. The first kappa shape index (κ1) is 31.2. The van der Waals surface area contributed by atoms with Gasteiger partial charge in [0.25, 0.3) is 0 Å². The van der Waals surface area contributed by atoms with E-state index in [-0.39, 0.29) is 29.3 Å². The maximum absolute atomic E-state index is 15.5. The van der Waals surface area contributed by atoms with Crippen LogP contribution in [0, 0.1) is 11.6 Å². The summed E-state index contributed by atoms with van der Waals surface area (Å²) >= 11 is 0. The van der Waals surface area contributed by atoms with Crippen molar-refractivity contribution in [1.29, 1.82) is 0 Å².